The second-order valence-corrected chi connectivity index (χ2v) is 10.3. The number of hydrogen-bond acceptors (Lipinski definition) is 7. The molecule has 198 valence electrons. The van der Waals surface area contributed by atoms with Crippen LogP contribution in [0, 0.1) is 6.92 Å². The number of carboxylic acid groups (broad SMARTS) is 1. The van der Waals surface area contributed by atoms with E-state index in [1.54, 1.807) is 25.1 Å². The number of esters is 1. The van der Waals surface area contributed by atoms with Crippen LogP contribution in [0.4, 0.5) is 10.7 Å². The molecule has 0 spiro atoms. The van der Waals surface area contributed by atoms with Crippen molar-refractivity contribution in [3.63, 3.8) is 0 Å². The lowest BCUT2D eigenvalue weighted by molar-refractivity contribution is -0.131. The van der Waals surface area contributed by atoms with E-state index < -0.39 is 23.1 Å². The van der Waals surface area contributed by atoms with Gasteiger partial charge in [0.2, 0.25) is 11.8 Å². The number of nitrogens with one attached hydrogen (secondary N) is 2. The number of amides is 2. The smallest absolute Gasteiger partial charge is 0.341 e. The Kier molecular flexibility index (Phi) is 10.3. The standard InChI is InChI=1S/C28H28N2O6S2/c1-4-22(38-20-8-6-7-19(15-20)29-23(31)13-14-24(32)33)26(34)30-27-25(28(35)36-5-2)21(16-37-27)18-11-9-17(3)10-12-18/h6-16,22H,4-5H2,1-3H3,(H,29,31)(H,30,34)(H,32,33)/b14-13+. The van der Waals surface area contributed by atoms with Gasteiger partial charge in [-0.05, 0) is 44.0 Å². The number of carboxylic acids is 1. The summed E-state index contributed by atoms with van der Waals surface area (Å²) < 4.78 is 5.29. The molecule has 3 rings (SSSR count). The van der Waals surface area contributed by atoms with Crippen LogP contribution >= 0.6 is 23.1 Å². The van der Waals surface area contributed by atoms with E-state index in [9.17, 15) is 19.2 Å². The Hall–Kier alpha value is -3.89. The summed E-state index contributed by atoms with van der Waals surface area (Å²) in [7, 11) is 0. The van der Waals surface area contributed by atoms with Crippen molar-refractivity contribution < 1.29 is 29.0 Å². The van der Waals surface area contributed by atoms with Crippen molar-refractivity contribution in [2.24, 2.45) is 0 Å². The Morgan fingerprint density at radius 1 is 1.05 bits per heavy atom. The first-order valence-electron chi connectivity index (χ1n) is 11.9. The average Bonchev–Trinajstić information content (AvgIpc) is 3.30. The fourth-order valence-corrected chi connectivity index (χ4v) is 5.43. The van der Waals surface area contributed by atoms with Gasteiger partial charge in [0.1, 0.15) is 10.6 Å². The highest BCUT2D eigenvalue weighted by atomic mass is 32.2. The molecular formula is C28H28N2O6S2. The largest absolute Gasteiger partial charge is 0.478 e. The molecule has 2 aromatic carbocycles. The summed E-state index contributed by atoms with van der Waals surface area (Å²) in [6.07, 6.45) is 2.20. The molecular weight excluding hydrogens is 524 g/mol. The molecule has 1 heterocycles. The van der Waals surface area contributed by atoms with Crippen LogP contribution < -0.4 is 10.6 Å². The van der Waals surface area contributed by atoms with Gasteiger partial charge in [-0.2, -0.15) is 0 Å². The lowest BCUT2D eigenvalue weighted by Gasteiger charge is -2.16. The van der Waals surface area contributed by atoms with Crippen LogP contribution in [-0.2, 0) is 19.1 Å². The topological polar surface area (TPSA) is 122 Å². The second kappa shape index (κ2) is 13.6. The maximum absolute atomic E-state index is 13.3. The van der Waals surface area contributed by atoms with E-state index in [1.165, 1.54) is 23.1 Å². The number of carbonyl (C=O) groups is 4. The molecule has 38 heavy (non-hydrogen) atoms. The number of anilines is 2. The molecule has 0 saturated heterocycles. The summed E-state index contributed by atoms with van der Waals surface area (Å²) in [5, 5.41) is 16.0. The van der Waals surface area contributed by atoms with E-state index in [4.69, 9.17) is 9.84 Å². The number of aryl methyl sites for hydroxylation is 1. The normalized spacial score (nSPS) is 11.7. The molecule has 2 amide bonds. The number of carbonyl (C=O) groups excluding carboxylic acids is 3. The van der Waals surface area contributed by atoms with Crippen molar-refractivity contribution in [2.45, 2.75) is 37.3 Å². The van der Waals surface area contributed by atoms with Crippen LogP contribution in [0.3, 0.4) is 0 Å². The summed E-state index contributed by atoms with van der Waals surface area (Å²) in [5.74, 6) is -2.56. The minimum Gasteiger partial charge on any atom is -0.478 e. The van der Waals surface area contributed by atoms with Crippen molar-refractivity contribution in [2.75, 3.05) is 17.2 Å². The van der Waals surface area contributed by atoms with Gasteiger partial charge in [-0.15, -0.1) is 23.1 Å². The number of benzene rings is 2. The summed E-state index contributed by atoms with van der Waals surface area (Å²) in [5.41, 5.74) is 3.45. The molecule has 0 aliphatic rings. The molecule has 3 N–H and O–H groups in total. The summed E-state index contributed by atoms with van der Waals surface area (Å²) >= 11 is 2.59. The molecule has 0 bridgehead atoms. The predicted molar refractivity (Wildman–Crippen MR) is 151 cm³/mol. The van der Waals surface area contributed by atoms with E-state index >= 15 is 0 Å². The number of thiophene rings is 1. The third-order valence-corrected chi connectivity index (χ3v) is 7.54. The molecule has 0 saturated carbocycles. The van der Waals surface area contributed by atoms with Crippen molar-refractivity contribution in [1.29, 1.82) is 0 Å². The van der Waals surface area contributed by atoms with Crippen LogP contribution in [0.1, 0.15) is 36.2 Å². The van der Waals surface area contributed by atoms with Gasteiger partial charge < -0.3 is 20.5 Å². The Morgan fingerprint density at radius 2 is 1.79 bits per heavy atom. The maximum atomic E-state index is 13.3. The highest BCUT2D eigenvalue weighted by Crippen LogP contribution is 2.37. The molecule has 0 aliphatic carbocycles. The quantitative estimate of drug-likeness (QED) is 0.152. The van der Waals surface area contributed by atoms with Gasteiger partial charge in [-0.1, -0.05) is 42.8 Å². The summed E-state index contributed by atoms with van der Waals surface area (Å²) in [6, 6.07) is 14.7. The monoisotopic (exact) mass is 552 g/mol. The predicted octanol–water partition coefficient (Wildman–Crippen LogP) is 5.99. The van der Waals surface area contributed by atoms with E-state index in [0.29, 0.717) is 28.2 Å². The van der Waals surface area contributed by atoms with Crippen LogP contribution in [0.2, 0.25) is 0 Å². The van der Waals surface area contributed by atoms with Gasteiger partial charge in [0.25, 0.3) is 0 Å². The highest BCUT2D eigenvalue weighted by Gasteiger charge is 2.25. The van der Waals surface area contributed by atoms with E-state index in [1.807, 2.05) is 49.6 Å². The first-order valence-corrected chi connectivity index (χ1v) is 13.6. The molecule has 0 aliphatic heterocycles. The maximum Gasteiger partial charge on any atom is 0.341 e. The average molecular weight is 553 g/mol. The Labute approximate surface area is 229 Å². The number of hydrogen-bond donors (Lipinski definition) is 3. The van der Waals surface area contributed by atoms with Crippen molar-refractivity contribution >= 4 is 57.5 Å². The van der Waals surface area contributed by atoms with Gasteiger partial charge in [0.05, 0.1) is 11.9 Å². The summed E-state index contributed by atoms with van der Waals surface area (Å²) in [6.45, 7) is 5.81. The molecule has 8 nitrogen and oxygen atoms in total. The zero-order valence-electron chi connectivity index (χ0n) is 21.1. The van der Waals surface area contributed by atoms with Gasteiger partial charge in [-0.3, -0.25) is 9.59 Å². The second-order valence-electron chi connectivity index (χ2n) is 8.13. The van der Waals surface area contributed by atoms with Crippen LogP contribution in [0.25, 0.3) is 11.1 Å². The molecule has 10 heteroatoms. The minimum absolute atomic E-state index is 0.210. The lowest BCUT2D eigenvalue weighted by Crippen LogP contribution is -2.25. The van der Waals surface area contributed by atoms with E-state index in [2.05, 4.69) is 10.6 Å². The number of rotatable bonds is 11. The van der Waals surface area contributed by atoms with Crippen LogP contribution in [0.15, 0.2) is 71.0 Å². The number of thioether (sulfide) groups is 1. The molecule has 1 atom stereocenters. The van der Waals surface area contributed by atoms with Gasteiger partial charge in [0, 0.05) is 33.7 Å². The van der Waals surface area contributed by atoms with Crippen molar-refractivity contribution in [3.8, 4) is 11.1 Å². The first kappa shape index (κ1) is 28.7. The first-order chi connectivity index (χ1) is 18.2. The fourth-order valence-electron chi connectivity index (χ4n) is 3.46. The molecule has 0 fully saturated rings. The van der Waals surface area contributed by atoms with Crippen LogP contribution in [0.5, 0.6) is 0 Å². The SMILES string of the molecule is CCOC(=O)c1c(-c2ccc(C)cc2)csc1NC(=O)C(CC)Sc1cccc(NC(=O)/C=C/C(=O)O)c1. The third kappa shape index (κ3) is 7.80. The molecule has 3 aromatic rings. The number of aliphatic carboxylic acids is 1. The van der Waals surface area contributed by atoms with Gasteiger partial charge >= 0.3 is 11.9 Å². The minimum atomic E-state index is -1.22. The van der Waals surface area contributed by atoms with E-state index in [0.717, 1.165) is 28.2 Å². The van der Waals surface area contributed by atoms with Crippen molar-refractivity contribution in [3.05, 3.63) is 77.2 Å². The lowest BCUT2D eigenvalue weighted by atomic mass is 10.0. The zero-order valence-corrected chi connectivity index (χ0v) is 22.8. The van der Waals surface area contributed by atoms with Crippen LogP contribution in [-0.4, -0.2) is 40.7 Å². The van der Waals surface area contributed by atoms with Gasteiger partial charge in [-0.25, -0.2) is 9.59 Å². The van der Waals surface area contributed by atoms with Gasteiger partial charge in [0.15, 0.2) is 0 Å². The molecule has 1 aromatic heterocycles. The van der Waals surface area contributed by atoms with E-state index in [-0.39, 0.29) is 12.5 Å². The Morgan fingerprint density at radius 3 is 2.45 bits per heavy atom. The molecule has 0 radical (unpaired) electrons. The Bertz CT molecular complexity index is 1350. The molecule has 1 unspecified atom stereocenters. The Balaban J connectivity index is 1.78. The third-order valence-electron chi connectivity index (χ3n) is 5.29. The summed E-state index contributed by atoms with van der Waals surface area (Å²) in [4.78, 5) is 49.4. The number of ether oxygens (including phenoxy) is 1. The fraction of sp³-hybridized carbons (Fsp3) is 0.214. The highest BCUT2D eigenvalue weighted by molar-refractivity contribution is 8.00. The van der Waals surface area contributed by atoms with Crippen molar-refractivity contribution in [1.82, 2.24) is 0 Å². The zero-order chi connectivity index (χ0) is 27.7.